The van der Waals surface area contributed by atoms with Gasteiger partial charge < -0.3 is 10.1 Å². The highest BCUT2D eigenvalue weighted by Crippen LogP contribution is 2.67. The van der Waals surface area contributed by atoms with Gasteiger partial charge in [0, 0.05) is 27.7 Å². The molecule has 3 saturated carbocycles. The molecule has 2 bridgehead atoms. The van der Waals surface area contributed by atoms with Gasteiger partial charge in [-0.3, -0.25) is 0 Å². The first-order valence-electron chi connectivity index (χ1n) is 8.80. The second-order valence-electron chi connectivity index (χ2n) is 8.49. The monoisotopic (exact) mass is 371 g/mol. The van der Waals surface area contributed by atoms with Crippen molar-refractivity contribution in [1.82, 2.24) is 15.3 Å². The molecule has 136 valence electrons. The Morgan fingerprint density at radius 1 is 1.15 bits per heavy atom. The molecule has 0 atom stereocenters. The van der Waals surface area contributed by atoms with E-state index in [0.717, 1.165) is 30.5 Å². The summed E-state index contributed by atoms with van der Waals surface area (Å²) in [5, 5.41) is 3.74. The molecule has 5 rings (SSSR count). The third kappa shape index (κ3) is 3.05. The van der Waals surface area contributed by atoms with E-state index >= 15 is 0 Å². The quantitative estimate of drug-likeness (QED) is 0.862. The van der Waals surface area contributed by atoms with Crippen LogP contribution in [0.3, 0.4) is 0 Å². The largest absolute Gasteiger partial charge is 0.444 e. The van der Waals surface area contributed by atoms with Gasteiger partial charge in [0.05, 0.1) is 5.69 Å². The maximum atomic E-state index is 12.0. The number of nitrogens with zero attached hydrogens (tertiary/aromatic N) is 2. The molecule has 3 fully saturated rings. The molecule has 2 aromatic rings. The molecule has 0 unspecified atom stereocenters. The van der Waals surface area contributed by atoms with Crippen molar-refractivity contribution in [2.45, 2.75) is 56.6 Å². The minimum absolute atomic E-state index is 0.0547. The summed E-state index contributed by atoms with van der Waals surface area (Å²) in [5.41, 5.74) is 1.44. The number of rotatable bonds is 3. The fraction of sp³-hybridized carbons (Fsp3) is 0.450. The van der Waals surface area contributed by atoms with Gasteiger partial charge in [0.2, 0.25) is 0 Å². The third-order valence-corrected chi connectivity index (χ3v) is 5.35. The molecular formula is C20H22ClN3O2. The Kier molecular flexibility index (Phi) is 3.77. The molecule has 1 aromatic heterocycles. The van der Waals surface area contributed by atoms with Crippen molar-refractivity contribution in [3.63, 3.8) is 0 Å². The van der Waals surface area contributed by atoms with Crippen LogP contribution >= 0.6 is 11.6 Å². The van der Waals surface area contributed by atoms with Crippen LogP contribution in [-0.2, 0) is 10.2 Å². The summed E-state index contributed by atoms with van der Waals surface area (Å²) in [6, 6.07) is 9.52. The van der Waals surface area contributed by atoms with Crippen molar-refractivity contribution in [2.75, 3.05) is 0 Å². The number of hydrogen-bond donors (Lipinski definition) is 1. The van der Waals surface area contributed by atoms with E-state index in [1.165, 1.54) is 0 Å². The molecule has 5 nitrogen and oxygen atoms in total. The van der Waals surface area contributed by atoms with Gasteiger partial charge >= 0.3 is 6.09 Å². The van der Waals surface area contributed by atoms with Crippen molar-refractivity contribution in [3.05, 3.63) is 47.2 Å². The lowest BCUT2D eigenvalue weighted by molar-refractivity contribution is -0.0908. The lowest BCUT2D eigenvalue weighted by Crippen LogP contribution is -2.77. The zero-order valence-corrected chi connectivity index (χ0v) is 15.9. The van der Waals surface area contributed by atoms with E-state index in [4.69, 9.17) is 21.3 Å². The SMILES string of the molecule is CC(C)(C)OC(=O)NC12CC(c3ccnc(-c4ccc(Cl)cc4)n3)(C1)C2. The minimum atomic E-state index is -0.481. The van der Waals surface area contributed by atoms with Crippen LogP contribution in [0, 0.1) is 0 Å². The van der Waals surface area contributed by atoms with Crippen LogP contribution < -0.4 is 5.32 Å². The van der Waals surface area contributed by atoms with E-state index in [9.17, 15) is 4.79 Å². The van der Waals surface area contributed by atoms with Gasteiger partial charge in [0.15, 0.2) is 5.82 Å². The van der Waals surface area contributed by atoms with E-state index in [1.54, 1.807) is 6.20 Å². The summed E-state index contributed by atoms with van der Waals surface area (Å²) in [4.78, 5) is 21.2. The smallest absolute Gasteiger partial charge is 0.408 e. The van der Waals surface area contributed by atoms with Gasteiger partial charge in [-0.2, -0.15) is 0 Å². The maximum Gasteiger partial charge on any atom is 0.408 e. The zero-order chi connectivity index (χ0) is 18.6. The number of nitrogens with one attached hydrogen (secondary N) is 1. The van der Waals surface area contributed by atoms with Crippen LogP contribution in [0.5, 0.6) is 0 Å². The lowest BCUT2D eigenvalue weighted by Gasteiger charge is -2.69. The first-order valence-corrected chi connectivity index (χ1v) is 9.17. The number of amides is 1. The van der Waals surface area contributed by atoms with E-state index in [-0.39, 0.29) is 17.0 Å². The molecule has 0 aliphatic heterocycles. The minimum Gasteiger partial charge on any atom is -0.444 e. The van der Waals surface area contributed by atoms with E-state index in [0.29, 0.717) is 10.8 Å². The number of hydrogen-bond acceptors (Lipinski definition) is 4. The highest BCUT2D eigenvalue weighted by atomic mass is 35.5. The summed E-state index contributed by atoms with van der Waals surface area (Å²) >= 11 is 5.95. The van der Waals surface area contributed by atoms with Crippen LogP contribution in [0.1, 0.15) is 45.7 Å². The molecule has 26 heavy (non-hydrogen) atoms. The highest BCUT2D eigenvalue weighted by Gasteiger charge is 2.70. The number of aromatic nitrogens is 2. The average Bonchev–Trinajstić information content (AvgIpc) is 2.48. The summed E-state index contributed by atoms with van der Waals surface area (Å²) in [6.45, 7) is 5.61. The van der Waals surface area contributed by atoms with E-state index in [2.05, 4.69) is 10.3 Å². The standard InChI is InChI=1S/C20H22ClN3O2/c1-18(2,3)26-17(25)24-20-10-19(11-20,12-20)15-8-9-22-16(23-15)13-4-6-14(21)7-5-13/h4-9H,10-12H2,1-3H3,(H,24,25). The number of benzene rings is 1. The molecule has 1 heterocycles. The fourth-order valence-corrected chi connectivity index (χ4v) is 4.23. The Morgan fingerprint density at radius 2 is 1.81 bits per heavy atom. The zero-order valence-electron chi connectivity index (χ0n) is 15.2. The van der Waals surface area contributed by atoms with Crippen molar-refractivity contribution in [3.8, 4) is 11.4 Å². The van der Waals surface area contributed by atoms with Gasteiger partial charge in [0.1, 0.15) is 5.60 Å². The van der Waals surface area contributed by atoms with Crippen molar-refractivity contribution in [2.24, 2.45) is 0 Å². The summed E-state index contributed by atoms with van der Waals surface area (Å²) in [7, 11) is 0. The van der Waals surface area contributed by atoms with Crippen LogP contribution in [0.25, 0.3) is 11.4 Å². The number of carbonyl (C=O) groups excluding carboxylic acids is 1. The Balaban J connectivity index is 1.44. The molecule has 1 amide bonds. The van der Waals surface area contributed by atoms with Crippen molar-refractivity contribution in [1.29, 1.82) is 0 Å². The molecule has 3 aliphatic rings. The number of carbonyl (C=O) groups is 1. The number of halogens is 1. The van der Waals surface area contributed by atoms with Crippen LogP contribution in [0.2, 0.25) is 5.02 Å². The molecule has 0 radical (unpaired) electrons. The second kappa shape index (κ2) is 5.68. The topological polar surface area (TPSA) is 64.1 Å². The molecule has 1 aromatic carbocycles. The summed E-state index contributed by atoms with van der Waals surface area (Å²) in [6.07, 6.45) is 4.17. The third-order valence-electron chi connectivity index (χ3n) is 5.10. The Hall–Kier alpha value is -2.14. The fourth-order valence-electron chi connectivity index (χ4n) is 4.10. The molecule has 6 heteroatoms. The van der Waals surface area contributed by atoms with Crippen LogP contribution in [-0.4, -0.2) is 27.2 Å². The average molecular weight is 372 g/mol. The highest BCUT2D eigenvalue weighted by molar-refractivity contribution is 6.30. The predicted octanol–water partition coefficient (Wildman–Crippen LogP) is 4.50. The van der Waals surface area contributed by atoms with Crippen LogP contribution in [0.4, 0.5) is 4.79 Å². The first-order chi connectivity index (χ1) is 12.2. The lowest BCUT2D eigenvalue weighted by atomic mass is 9.38. The summed E-state index contributed by atoms with van der Waals surface area (Å²) < 4.78 is 5.37. The number of alkyl carbamates (subject to hydrolysis) is 1. The number of ether oxygens (including phenoxy) is 1. The van der Waals surface area contributed by atoms with E-state index in [1.807, 2.05) is 51.1 Å². The van der Waals surface area contributed by atoms with Gasteiger partial charge in [0.25, 0.3) is 0 Å². The van der Waals surface area contributed by atoms with Gasteiger partial charge in [-0.05, 0) is 70.4 Å². The molecule has 0 saturated heterocycles. The van der Waals surface area contributed by atoms with Crippen molar-refractivity contribution < 1.29 is 9.53 Å². The summed E-state index contributed by atoms with van der Waals surface area (Å²) in [5.74, 6) is 0.707. The Bertz CT molecular complexity index is 838. The predicted molar refractivity (Wildman–Crippen MR) is 100 cm³/mol. The van der Waals surface area contributed by atoms with Gasteiger partial charge in [-0.25, -0.2) is 14.8 Å². The molecule has 3 aliphatic carbocycles. The Labute approximate surface area is 158 Å². The van der Waals surface area contributed by atoms with Crippen molar-refractivity contribution >= 4 is 17.7 Å². The maximum absolute atomic E-state index is 12.0. The molecule has 0 spiro atoms. The Morgan fingerprint density at radius 3 is 2.42 bits per heavy atom. The van der Waals surface area contributed by atoms with E-state index < -0.39 is 5.60 Å². The molecule has 1 N–H and O–H groups in total. The normalized spacial score (nSPS) is 26.5. The first kappa shape index (κ1) is 17.3. The van der Waals surface area contributed by atoms with Gasteiger partial charge in [-0.1, -0.05) is 11.6 Å². The van der Waals surface area contributed by atoms with Crippen LogP contribution in [0.15, 0.2) is 36.5 Å². The van der Waals surface area contributed by atoms with Gasteiger partial charge in [-0.15, -0.1) is 0 Å². The second-order valence-corrected chi connectivity index (χ2v) is 8.93. The molecular weight excluding hydrogens is 350 g/mol.